The molecule has 0 fully saturated rings. The van der Waals surface area contributed by atoms with Crippen LogP contribution in [0.3, 0.4) is 0 Å². The van der Waals surface area contributed by atoms with Gasteiger partial charge in [-0.25, -0.2) is 0 Å². The molecule has 28 heavy (non-hydrogen) atoms. The second-order valence-electron chi connectivity index (χ2n) is 6.07. The summed E-state index contributed by atoms with van der Waals surface area (Å²) in [5, 5.41) is 17.0. The maximum atomic E-state index is 11.1. The highest BCUT2D eigenvalue weighted by Gasteiger charge is 2.03. The highest BCUT2D eigenvalue weighted by atomic mass is 16.5. The summed E-state index contributed by atoms with van der Waals surface area (Å²) < 4.78 is 5.16. The Hall–Kier alpha value is -3.68. The Kier molecular flexibility index (Phi) is 6.35. The molecule has 0 radical (unpaired) electrons. The first-order chi connectivity index (χ1) is 13.6. The number of aromatic nitrogens is 3. The van der Waals surface area contributed by atoms with Crippen molar-refractivity contribution in [1.29, 1.82) is 0 Å². The lowest BCUT2D eigenvalue weighted by atomic mass is 10.1. The molecule has 0 aliphatic rings. The number of amides is 1. The average Bonchev–Trinajstić information content (AvgIpc) is 2.70. The lowest BCUT2D eigenvalue weighted by molar-refractivity contribution is -0.114. The van der Waals surface area contributed by atoms with E-state index in [1.807, 2.05) is 36.4 Å². The molecule has 1 amide bonds. The van der Waals surface area contributed by atoms with Crippen LogP contribution < -0.4 is 20.7 Å². The molecule has 3 rings (SSSR count). The minimum absolute atomic E-state index is 0.110. The van der Waals surface area contributed by atoms with Gasteiger partial charge >= 0.3 is 0 Å². The van der Waals surface area contributed by atoms with Crippen LogP contribution in [-0.4, -0.2) is 34.7 Å². The summed E-state index contributed by atoms with van der Waals surface area (Å²) in [7, 11) is 1.65. The fraction of sp³-hybridized carbons (Fsp3) is 0.200. The molecule has 1 heterocycles. The van der Waals surface area contributed by atoms with Gasteiger partial charge in [-0.3, -0.25) is 4.79 Å². The molecule has 0 atom stereocenters. The first-order valence-corrected chi connectivity index (χ1v) is 8.83. The molecule has 0 spiro atoms. The summed E-state index contributed by atoms with van der Waals surface area (Å²) >= 11 is 0. The molecule has 0 bridgehead atoms. The van der Waals surface area contributed by atoms with E-state index in [1.165, 1.54) is 12.5 Å². The summed E-state index contributed by atoms with van der Waals surface area (Å²) in [5.41, 5.74) is 2.73. The molecule has 3 aromatic rings. The van der Waals surface area contributed by atoms with Gasteiger partial charge in [-0.1, -0.05) is 12.1 Å². The SMILES string of the molecule is COc1ccc(CCNc2cnnc(Nc3ccc(NC(C)=O)cc3)n2)cc1. The monoisotopic (exact) mass is 378 g/mol. The fourth-order valence-electron chi connectivity index (χ4n) is 2.54. The van der Waals surface area contributed by atoms with Crippen LogP contribution in [0.25, 0.3) is 0 Å². The predicted octanol–water partition coefficient (Wildman–Crippen LogP) is 3.24. The minimum atomic E-state index is -0.110. The number of rotatable bonds is 8. The molecule has 0 aliphatic heterocycles. The van der Waals surface area contributed by atoms with Gasteiger partial charge < -0.3 is 20.7 Å². The number of anilines is 4. The highest BCUT2D eigenvalue weighted by molar-refractivity contribution is 5.88. The van der Waals surface area contributed by atoms with Crippen LogP contribution in [-0.2, 0) is 11.2 Å². The van der Waals surface area contributed by atoms with Crippen LogP contribution in [0.2, 0.25) is 0 Å². The van der Waals surface area contributed by atoms with Crippen LogP contribution in [0, 0.1) is 0 Å². The molecule has 0 aliphatic carbocycles. The quantitative estimate of drug-likeness (QED) is 0.553. The molecule has 2 aromatic carbocycles. The maximum Gasteiger partial charge on any atom is 0.249 e. The van der Waals surface area contributed by atoms with Gasteiger partial charge in [-0.15, -0.1) is 5.10 Å². The number of ether oxygens (including phenoxy) is 1. The van der Waals surface area contributed by atoms with Gasteiger partial charge in [0.2, 0.25) is 11.9 Å². The third-order valence-electron chi connectivity index (χ3n) is 3.90. The van der Waals surface area contributed by atoms with E-state index in [-0.39, 0.29) is 5.91 Å². The van der Waals surface area contributed by atoms with Gasteiger partial charge in [-0.2, -0.15) is 10.1 Å². The van der Waals surface area contributed by atoms with Gasteiger partial charge in [0, 0.05) is 24.8 Å². The Morgan fingerprint density at radius 2 is 1.75 bits per heavy atom. The molecule has 3 N–H and O–H groups in total. The third-order valence-corrected chi connectivity index (χ3v) is 3.90. The number of nitrogens with one attached hydrogen (secondary N) is 3. The first kappa shape index (κ1) is 19.1. The Morgan fingerprint density at radius 1 is 1.04 bits per heavy atom. The molecule has 144 valence electrons. The van der Waals surface area contributed by atoms with Gasteiger partial charge in [0.15, 0.2) is 5.82 Å². The number of hydrogen-bond donors (Lipinski definition) is 3. The molecular formula is C20H22N6O2. The second kappa shape index (κ2) is 9.31. The molecule has 8 heteroatoms. The van der Waals surface area contributed by atoms with Crippen LogP contribution in [0.4, 0.5) is 23.1 Å². The molecule has 0 saturated carbocycles. The van der Waals surface area contributed by atoms with Crippen molar-refractivity contribution in [2.75, 3.05) is 29.6 Å². The van der Waals surface area contributed by atoms with Gasteiger partial charge in [0.1, 0.15) is 5.75 Å². The van der Waals surface area contributed by atoms with Gasteiger partial charge in [0.25, 0.3) is 0 Å². The van der Waals surface area contributed by atoms with E-state index in [2.05, 4.69) is 31.1 Å². The fourth-order valence-corrected chi connectivity index (χ4v) is 2.54. The zero-order chi connectivity index (χ0) is 19.8. The highest BCUT2D eigenvalue weighted by Crippen LogP contribution is 2.17. The summed E-state index contributed by atoms with van der Waals surface area (Å²) in [5.74, 6) is 1.77. The largest absolute Gasteiger partial charge is 0.497 e. The standard InChI is InChI=1S/C20H22N6O2/c1-14(27)23-16-5-7-17(8-6-16)24-20-25-19(13-22-26-20)21-12-11-15-3-9-18(28-2)10-4-15/h3-10,13H,11-12H2,1-2H3,(H,23,27)(H2,21,24,25,26). The van der Waals surface area contributed by atoms with Gasteiger partial charge in [-0.05, 0) is 48.4 Å². The molecule has 1 aromatic heterocycles. The summed E-state index contributed by atoms with van der Waals surface area (Å²) in [6.45, 7) is 2.19. The lowest BCUT2D eigenvalue weighted by Crippen LogP contribution is -2.09. The van der Waals surface area contributed by atoms with Crippen molar-refractivity contribution in [3.63, 3.8) is 0 Å². The molecule has 8 nitrogen and oxygen atoms in total. The van der Waals surface area contributed by atoms with E-state index in [4.69, 9.17) is 4.74 Å². The predicted molar refractivity (Wildman–Crippen MR) is 109 cm³/mol. The Labute approximate surface area is 163 Å². The van der Waals surface area contributed by atoms with E-state index in [9.17, 15) is 4.79 Å². The number of methoxy groups -OCH3 is 1. The topological polar surface area (TPSA) is 101 Å². The number of carbonyl (C=O) groups is 1. The van der Waals surface area contributed by atoms with Crippen LogP contribution >= 0.6 is 0 Å². The van der Waals surface area contributed by atoms with Gasteiger partial charge in [0.05, 0.1) is 13.3 Å². The zero-order valence-electron chi connectivity index (χ0n) is 15.8. The van der Waals surface area contributed by atoms with E-state index < -0.39 is 0 Å². The summed E-state index contributed by atoms with van der Waals surface area (Å²) in [4.78, 5) is 15.5. The molecule has 0 saturated heterocycles. The van der Waals surface area contributed by atoms with Crippen molar-refractivity contribution in [3.8, 4) is 5.75 Å². The van der Waals surface area contributed by atoms with E-state index in [0.717, 1.165) is 30.1 Å². The average molecular weight is 378 g/mol. The molecular weight excluding hydrogens is 356 g/mol. The van der Waals surface area contributed by atoms with E-state index in [0.29, 0.717) is 11.8 Å². The normalized spacial score (nSPS) is 10.2. The number of nitrogens with zero attached hydrogens (tertiary/aromatic N) is 3. The van der Waals surface area contributed by atoms with Crippen LogP contribution in [0.1, 0.15) is 12.5 Å². The molecule has 0 unspecified atom stereocenters. The smallest absolute Gasteiger partial charge is 0.249 e. The minimum Gasteiger partial charge on any atom is -0.497 e. The third kappa shape index (κ3) is 5.66. The van der Waals surface area contributed by atoms with Crippen molar-refractivity contribution in [3.05, 3.63) is 60.3 Å². The van der Waals surface area contributed by atoms with Crippen molar-refractivity contribution < 1.29 is 9.53 Å². The lowest BCUT2D eigenvalue weighted by Gasteiger charge is -2.09. The number of benzene rings is 2. The Balaban J connectivity index is 1.53. The van der Waals surface area contributed by atoms with Crippen LogP contribution in [0.5, 0.6) is 5.75 Å². The first-order valence-electron chi connectivity index (χ1n) is 8.83. The Bertz CT molecular complexity index is 913. The van der Waals surface area contributed by atoms with E-state index >= 15 is 0 Å². The Morgan fingerprint density at radius 3 is 2.43 bits per heavy atom. The van der Waals surface area contributed by atoms with Crippen molar-refractivity contribution in [1.82, 2.24) is 15.2 Å². The maximum absolute atomic E-state index is 11.1. The second-order valence-corrected chi connectivity index (χ2v) is 6.07. The number of carbonyl (C=O) groups excluding carboxylic acids is 1. The summed E-state index contributed by atoms with van der Waals surface area (Å²) in [6.07, 6.45) is 2.43. The van der Waals surface area contributed by atoms with Crippen LogP contribution in [0.15, 0.2) is 54.7 Å². The zero-order valence-corrected chi connectivity index (χ0v) is 15.8. The summed E-state index contributed by atoms with van der Waals surface area (Å²) in [6, 6.07) is 15.2. The van der Waals surface area contributed by atoms with Crippen molar-refractivity contribution in [2.45, 2.75) is 13.3 Å². The number of hydrogen-bond acceptors (Lipinski definition) is 7. The van der Waals surface area contributed by atoms with Crippen molar-refractivity contribution in [2.24, 2.45) is 0 Å². The van der Waals surface area contributed by atoms with Crippen molar-refractivity contribution >= 4 is 29.0 Å². The van der Waals surface area contributed by atoms with E-state index in [1.54, 1.807) is 25.4 Å².